The predicted molar refractivity (Wildman–Crippen MR) is 80.6 cm³/mol. The number of nitrogens with zero attached hydrogens (tertiary/aromatic N) is 2. The molecule has 0 radical (unpaired) electrons. The van der Waals surface area contributed by atoms with Crippen LogP contribution in [0.1, 0.15) is 6.92 Å². The van der Waals surface area contributed by atoms with Crippen LogP contribution in [-0.4, -0.2) is 21.6 Å². The third-order valence-corrected chi connectivity index (χ3v) is 3.80. The van der Waals surface area contributed by atoms with E-state index in [1.807, 2.05) is 25.1 Å². The molecule has 4 nitrogen and oxygen atoms in total. The number of halogens is 2. The van der Waals surface area contributed by atoms with Crippen molar-refractivity contribution in [3.05, 3.63) is 41.3 Å². The fourth-order valence-corrected chi connectivity index (χ4v) is 2.73. The number of hydrogen-bond acceptors (Lipinski definition) is 4. The van der Waals surface area contributed by atoms with Crippen LogP contribution in [0.15, 0.2) is 40.6 Å². The molecule has 0 bridgehead atoms. The molecule has 0 aliphatic heterocycles. The summed E-state index contributed by atoms with van der Waals surface area (Å²) in [6.45, 7) is 2.52. The topological polar surface area (TPSA) is 50.8 Å². The van der Waals surface area contributed by atoms with E-state index in [2.05, 4.69) is 15.0 Å². The number of nitrogens with one attached hydrogen (secondary N) is 1. The Balaban J connectivity index is 1.90. The maximum absolute atomic E-state index is 13.7. The van der Waals surface area contributed by atoms with Gasteiger partial charge in [-0.05, 0) is 36.9 Å². The third kappa shape index (κ3) is 3.11. The number of rotatable bonds is 4. The lowest BCUT2D eigenvalue weighted by Crippen LogP contribution is -1.90. The van der Waals surface area contributed by atoms with Crippen LogP contribution in [0.5, 0.6) is 5.75 Å². The van der Waals surface area contributed by atoms with Gasteiger partial charge in [0, 0.05) is 12.3 Å². The first-order chi connectivity index (χ1) is 10.2. The molecule has 0 atom stereocenters. The quantitative estimate of drug-likeness (QED) is 0.777. The van der Waals surface area contributed by atoms with Gasteiger partial charge >= 0.3 is 0 Å². The number of imidazole rings is 1. The molecular weight excluding hydrogens is 313 g/mol. The zero-order chi connectivity index (χ0) is 14.8. The summed E-state index contributed by atoms with van der Waals surface area (Å²) >= 11 is 6.80. The normalized spacial score (nSPS) is 11.0. The van der Waals surface area contributed by atoms with Gasteiger partial charge in [0.15, 0.2) is 11.0 Å². The SMILES string of the molecule is CCOc1ccc2nc(Sc3ncc(Cl)cc3F)[nH]c2c1. The maximum atomic E-state index is 13.7. The molecule has 1 aromatic carbocycles. The molecule has 0 spiro atoms. The summed E-state index contributed by atoms with van der Waals surface area (Å²) in [7, 11) is 0. The van der Waals surface area contributed by atoms with Crippen molar-refractivity contribution >= 4 is 34.4 Å². The van der Waals surface area contributed by atoms with Crippen LogP contribution in [-0.2, 0) is 0 Å². The minimum atomic E-state index is -0.469. The van der Waals surface area contributed by atoms with Crippen LogP contribution >= 0.6 is 23.4 Å². The van der Waals surface area contributed by atoms with Crippen LogP contribution in [0.3, 0.4) is 0 Å². The molecule has 0 unspecified atom stereocenters. The van der Waals surface area contributed by atoms with E-state index in [0.29, 0.717) is 11.8 Å². The number of fused-ring (bicyclic) bond motifs is 1. The van der Waals surface area contributed by atoms with E-state index in [9.17, 15) is 4.39 Å². The molecule has 0 saturated heterocycles. The minimum Gasteiger partial charge on any atom is -0.494 e. The average Bonchev–Trinajstić information content (AvgIpc) is 2.84. The molecule has 21 heavy (non-hydrogen) atoms. The Morgan fingerprint density at radius 2 is 2.24 bits per heavy atom. The van der Waals surface area contributed by atoms with Gasteiger partial charge in [0.25, 0.3) is 0 Å². The summed E-state index contributed by atoms with van der Waals surface area (Å²) in [5.41, 5.74) is 1.62. The summed E-state index contributed by atoms with van der Waals surface area (Å²) in [6.07, 6.45) is 1.41. The van der Waals surface area contributed by atoms with Crippen LogP contribution in [0, 0.1) is 5.82 Å². The van der Waals surface area contributed by atoms with Crippen LogP contribution < -0.4 is 4.74 Å². The highest BCUT2D eigenvalue weighted by Crippen LogP contribution is 2.29. The summed E-state index contributed by atoms with van der Waals surface area (Å²) in [5, 5.41) is 1.05. The smallest absolute Gasteiger partial charge is 0.172 e. The number of hydrogen-bond donors (Lipinski definition) is 1. The first-order valence-corrected chi connectivity index (χ1v) is 7.46. The Bertz CT molecular complexity index is 793. The number of ether oxygens (including phenoxy) is 1. The molecular formula is C14H11ClFN3OS. The monoisotopic (exact) mass is 323 g/mol. The van der Waals surface area contributed by atoms with E-state index in [1.165, 1.54) is 12.3 Å². The molecule has 0 fully saturated rings. The predicted octanol–water partition coefficient (Wildman–Crippen LogP) is 4.30. The standard InChI is InChI=1S/C14H11ClFN3OS/c1-2-20-9-3-4-11-12(6-9)19-14(18-11)21-13-10(16)5-8(15)7-17-13/h3-7H,2H2,1H3,(H,18,19). The molecule has 0 amide bonds. The highest BCUT2D eigenvalue weighted by atomic mass is 35.5. The second-order valence-corrected chi connectivity index (χ2v) is 5.61. The van der Waals surface area contributed by atoms with Crippen LogP contribution in [0.4, 0.5) is 4.39 Å². The average molecular weight is 324 g/mol. The number of aromatic nitrogens is 3. The van der Waals surface area contributed by atoms with Crippen LogP contribution in [0.2, 0.25) is 5.02 Å². The Labute approximate surface area is 129 Å². The Kier molecular flexibility index (Phi) is 3.98. The van der Waals surface area contributed by atoms with Crippen molar-refractivity contribution in [2.24, 2.45) is 0 Å². The lowest BCUT2D eigenvalue weighted by atomic mass is 10.3. The first-order valence-electron chi connectivity index (χ1n) is 6.27. The molecule has 2 aromatic heterocycles. The zero-order valence-corrected chi connectivity index (χ0v) is 12.6. The van der Waals surface area contributed by atoms with Gasteiger partial charge in [-0.3, -0.25) is 0 Å². The van der Waals surface area contributed by atoms with E-state index in [4.69, 9.17) is 16.3 Å². The Hall–Kier alpha value is -1.79. The fourth-order valence-electron chi connectivity index (χ4n) is 1.84. The molecule has 108 valence electrons. The van der Waals surface area contributed by atoms with Crippen molar-refractivity contribution in [2.75, 3.05) is 6.61 Å². The zero-order valence-electron chi connectivity index (χ0n) is 11.1. The van der Waals surface area contributed by atoms with Crippen molar-refractivity contribution in [2.45, 2.75) is 17.1 Å². The van der Waals surface area contributed by atoms with E-state index in [-0.39, 0.29) is 10.0 Å². The van der Waals surface area contributed by atoms with E-state index >= 15 is 0 Å². The summed E-state index contributed by atoms with van der Waals surface area (Å²) in [5.74, 6) is 0.295. The third-order valence-electron chi connectivity index (χ3n) is 2.71. The molecule has 7 heteroatoms. The van der Waals surface area contributed by atoms with Crippen molar-refractivity contribution in [1.82, 2.24) is 15.0 Å². The van der Waals surface area contributed by atoms with Crippen molar-refractivity contribution in [3.8, 4) is 5.75 Å². The van der Waals surface area contributed by atoms with E-state index < -0.39 is 5.82 Å². The minimum absolute atomic E-state index is 0.225. The van der Waals surface area contributed by atoms with Crippen molar-refractivity contribution in [1.29, 1.82) is 0 Å². The van der Waals surface area contributed by atoms with Crippen molar-refractivity contribution < 1.29 is 9.13 Å². The van der Waals surface area contributed by atoms with Gasteiger partial charge in [-0.25, -0.2) is 14.4 Å². The maximum Gasteiger partial charge on any atom is 0.172 e. The van der Waals surface area contributed by atoms with Gasteiger partial charge in [-0.2, -0.15) is 0 Å². The molecule has 3 aromatic rings. The second-order valence-electron chi connectivity index (χ2n) is 4.20. The Morgan fingerprint density at radius 1 is 1.38 bits per heavy atom. The molecule has 0 aliphatic rings. The molecule has 0 saturated carbocycles. The van der Waals surface area contributed by atoms with Gasteiger partial charge in [0.05, 0.1) is 22.7 Å². The van der Waals surface area contributed by atoms with Crippen molar-refractivity contribution in [3.63, 3.8) is 0 Å². The summed E-state index contributed by atoms with van der Waals surface area (Å²) in [4.78, 5) is 11.5. The van der Waals surface area contributed by atoms with E-state index in [0.717, 1.165) is 28.5 Å². The number of benzene rings is 1. The van der Waals surface area contributed by atoms with Gasteiger partial charge in [-0.1, -0.05) is 11.6 Å². The molecule has 0 aliphatic carbocycles. The van der Waals surface area contributed by atoms with Gasteiger partial charge in [0.1, 0.15) is 10.8 Å². The number of aromatic amines is 1. The molecule has 3 rings (SSSR count). The summed E-state index contributed by atoms with van der Waals surface area (Å²) in [6, 6.07) is 6.79. The fraction of sp³-hybridized carbons (Fsp3) is 0.143. The van der Waals surface area contributed by atoms with E-state index in [1.54, 1.807) is 0 Å². The number of pyridine rings is 1. The Morgan fingerprint density at radius 3 is 3.00 bits per heavy atom. The lowest BCUT2D eigenvalue weighted by molar-refractivity contribution is 0.340. The lowest BCUT2D eigenvalue weighted by Gasteiger charge is -2.00. The highest BCUT2D eigenvalue weighted by Gasteiger charge is 2.11. The molecule has 2 heterocycles. The number of H-pyrrole nitrogens is 1. The summed E-state index contributed by atoms with van der Waals surface area (Å²) < 4.78 is 19.2. The second kappa shape index (κ2) is 5.91. The van der Waals surface area contributed by atoms with Gasteiger partial charge in [0.2, 0.25) is 0 Å². The highest BCUT2D eigenvalue weighted by molar-refractivity contribution is 7.99. The van der Waals surface area contributed by atoms with Gasteiger partial charge < -0.3 is 9.72 Å². The van der Waals surface area contributed by atoms with Crippen LogP contribution in [0.25, 0.3) is 11.0 Å². The molecule has 1 N–H and O–H groups in total. The van der Waals surface area contributed by atoms with Gasteiger partial charge in [-0.15, -0.1) is 0 Å². The largest absolute Gasteiger partial charge is 0.494 e. The first kappa shape index (κ1) is 14.2.